The lowest BCUT2D eigenvalue weighted by atomic mass is 10.1. The molecule has 3 nitrogen and oxygen atoms in total. The molecule has 1 aliphatic rings. The zero-order valence-electron chi connectivity index (χ0n) is 6.63. The van der Waals surface area contributed by atoms with Crippen LogP contribution < -0.4 is 5.73 Å². The van der Waals surface area contributed by atoms with Crippen LogP contribution in [0, 0.1) is 6.92 Å². The van der Waals surface area contributed by atoms with Crippen molar-refractivity contribution in [3.05, 3.63) is 17.3 Å². The second-order valence-electron chi connectivity index (χ2n) is 3.02. The van der Waals surface area contributed by atoms with Crippen LogP contribution in [0.15, 0.2) is 4.42 Å². The Hall–Kier alpha value is -0.830. The highest BCUT2D eigenvalue weighted by Gasteiger charge is 2.26. The zero-order valence-corrected chi connectivity index (χ0v) is 6.63. The van der Waals surface area contributed by atoms with Gasteiger partial charge in [0.2, 0.25) is 0 Å². The molecule has 0 saturated carbocycles. The van der Waals surface area contributed by atoms with Crippen LogP contribution in [0.25, 0.3) is 0 Å². The first-order valence-corrected chi connectivity index (χ1v) is 3.97. The van der Waals surface area contributed by atoms with Gasteiger partial charge in [-0.25, -0.2) is 4.98 Å². The Morgan fingerprint density at radius 3 is 3.27 bits per heavy atom. The minimum absolute atomic E-state index is 0.422. The highest BCUT2D eigenvalue weighted by molar-refractivity contribution is 5.21. The molecule has 2 N–H and O–H groups in total. The molecule has 3 heteroatoms. The summed E-state index contributed by atoms with van der Waals surface area (Å²) in [4.78, 5) is 4.27. The lowest BCUT2D eigenvalue weighted by Crippen LogP contribution is -2.08. The van der Waals surface area contributed by atoms with E-state index in [0.29, 0.717) is 12.5 Å². The maximum absolute atomic E-state index is 5.57. The molecule has 1 aromatic heterocycles. The molecule has 1 atom stereocenters. The second-order valence-corrected chi connectivity index (χ2v) is 3.02. The monoisotopic (exact) mass is 152 g/mol. The minimum atomic E-state index is 0.422. The summed E-state index contributed by atoms with van der Waals surface area (Å²) in [6.07, 6.45) is 2.15. The predicted molar refractivity (Wildman–Crippen MR) is 41.4 cm³/mol. The van der Waals surface area contributed by atoms with Crippen LogP contribution in [0.4, 0.5) is 0 Å². The van der Waals surface area contributed by atoms with Crippen molar-refractivity contribution in [2.45, 2.75) is 25.7 Å². The Morgan fingerprint density at radius 1 is 1.73 bits per heavy atom. The van der Waals surface area contributed by atoms with E-state index in [1.165, 1.54) is 0 Å². The van der Waals surface area contributed by atoms with Crippen LogP contribution in [0.1, 0.15) is 29.7 Å². The molecule has 0 saturated heterocycles. The van der Waals surface area contributed by atoms with Crippen molar-refractivity contribution in [2.24, 2.45) is 5.73 Å². The Morgan fingerprint density at radius 2 is 2.55 bits per heavy atom. The van der Waals surface area contributed by atoms with Crippen molar-refractivity contribution in [1.82, 2.24) is 4.98 Å². The number of hydrogen-bond donors (Lipinski definition) is 1. The molecule has 0 aromatic carbocycles. The van der Waals surface area contributed by atoms with Crippen LogP contribution in [-0.4, -0.2) is 11.5 Å². The van der Waals surface area contributed by atoms with E-state index in [-0.39, 0.29) is 0 Å². The fourth-order valence-corrected chi connectivity index (χ4v) is 1.65. The fraction of sp³-hybridized carbons (Fsp3) is 0.625. The molecule has 0 bridgehead atoms. The number of hydrogen-bond acceptors (Lipinski definition) is 3. The number of oxazole rings is 1. The standard InChI is InChI=1S/C8H12N2O/c1-5-10-7-3-2-6(4-9)8(7)11-5/h6H,2-4,9H2,1H3. The van der Waals surface area contributed by atoms with Crippen molar-refractivity contribution in [3.8, 4) is 0 Å². The summed E-state index contributed by atoms with van der Waals surface area (Å²) in [7, 11) is 0. The molecule has 0 radical (unpaired) electrons. The van der Waals surface area contributed by atoms with Gasteiger partial charge in [0.1, 0.15) is 5.76 Å². The molecule has 0 fully saturated rings. The maximum Gasteiger partial charge on any atom is 0.191 e. The van der Waals surface area contributed by atoms with E-state index in [9.17, 15) is 0 Å². The lowest BCUT2D eigenvalue weighted by Gasteiger charge is -2.01. The molecule has 1 aromatic rings. The van der Waals surface area contributed by atoms with E-state index < -0.39 is 0 Å². The normalized spacial score (nSPS) is 22.2. The van der Waals surface area contributed by atoms with Gasteiger partial charge in [0.25, 0.3) is 0 Å². The van der Waals surface area contributed by atoms with Crippen molar-refractivity contribution >= 4 is 0 Å². The van der Waals surface area contributed by atoms with Crippen LogP contribution in [-0.2, 0) is 6.42 Å². The molecular formula is C8H12N2O. The van der Waals surface area contributed by atoms with Gasteiger partial charge in [0, 0.05) is 19.4 Å². The maximum atomic E-state index is 5.57. The molecule has 0 amide bonds. The van der Waals surface area contributed by atoms with Gasteiger partial charge < -0.3 is 10.2 Å². The van der Waals surface area contributed by atoms with Crippen molar-refractivity contribution < 1.29 is 4.42 Å². The summed E-state index contributed by atoms with van der Waals surface area (Å²) < 4.78 is 5.44. The summed E-state index contributed by atoms with van der Waals surface area (Å²) in [6.45, 7) is 2.56. The number of rotatable bonds is 1. The Kier molecular flexibility index (Phi) is 1.46. The highest BCUT2D eigenvalue weighted by Crippen LogP contribution is 2.32. The van der Waals surface area contributed by atoms with Gasteiger partial charge in [-0.15, -0.1) is 0 Å². The van der Waals surface area contributed by atoms with Gasteiger partial charge in [-0.1, -0.05) is 0 Å². The largest absolute Gasteiger partial charge is 0.445 e. The van der Waals surface area contributed by atoms with Crippen LogP contribution in [0.5, 0.6) is 0 Å². The molecule has 0 aliphatic heterocycles. The van der Waals surface area contributed by atoms with Gasteiger partial charge in [-0.05, 0) is 12.8 Å². The Balaban J connectivity index is 2.37. The first kappa shape index (κ1) is 6.85. The Bertz CT molecular complexity index is 267. The van der Waals surface area contributed by atoms with Gasteiger partial charge in [0.15, 0.2) is 5.89 Å². The second kappa shape index (κ2) is 2.34. The first-order chi connectivity index (χ1) is 5.31. The molecular weight excluding hydrogens is 140 g/mol. The summed E-state index contributed by atoms with van der Waals surface area (Å²) in [5.41, 5.74) is 6.69. The third kappa shape index (κ3) is 0.959. The van der Waals surface area contributed by atoms with E-state index >= 15 is 0 Å². The third-order valence-electron chi connectivity index (χ3n) is 2.22. The SMILES string of the molecule is Cc1nc2c(o1)C(CN)CC2. The molecule has 2 rings (SSSR count). The van der Waals surface area contributed by atoms with Gasteiger partial charge in [0.05, 0.1) is 5.69 Å². The summed E-state index contributed by atoms with van der Waals surface area (Å²) >= 11 is 0. The predicted octanol–water partition coefficient (Wildman–Crippen LogP) is 0.972. The molecule has 0 spiro atoms. The van der Waals surface area contributed by atoms with Crippen molar-refractivity contribution in [2.75, 3.05) is 6.54 Å². The van der Waals surface area contributed by atoms with Crippen LogP contribution in [0.2, 0.25) is 0 Å². The van der Waals surface area contributed by atoms with Gasteiger partial charge in [-0.3, -0.25) is 0 Å². The number of nitrogens with zero attached hydrogens (tertiary/aromatic N) is 1. The number of fused-ring (bicyclic) bond motifs is 1. The molecule has 1 heterocycles. The number of nitrogens with two attached hydrogens (primary N) is 1. The zero-order chi connectivity index (χ0) is 7.84. The van der Waals surface area contributed by atoms with E-state index in [0.717, 1.165) is 30.2 Å². The van der Waals surface area contributed by atoms with Crippen LogP contribution >= 0.6 is 0 Å². The molecule has 60 valence electrons. The smallest absolute Gasteiger partial charge is 0.191 e. The molecule has 1 aliphatic carbocycles. The fourth-order valence-electron chi connectivity index (χ4n) is 1.65. The van der Waals surface area contributed by atoms with Crippen molar-refractivity contribution in [1.29, 1.82) is 0 Å². The van der Waals surface area contributed by atoms with E-state index in [1.807, 2.05) is 6.92 Å². The highest BCUT2D eigenvalue weighted by atomic mass is 16.4. The minimum Gasteiger partial charge on any atom is -0.445 e. The molecule has 1 unspecified atom stereocenters. The van der Waals surface area contributed by atoms with Crippen LogP contribution in [0.3, 0.4) is 0 Å². The topological polar surface area (TPSA) is 52.0 Å². The van der Waals surface area contributed by atoms with E-state index in [2.05, 4.69) is 4.98 Å². The average Bonchev–Trinajstić information content (AvgIpc) is 2.45. The van der Waals surface area contributed by atoms with Gasteiger partial charge in [-0.2, -0.15) is 0 Å². The van der Waals surface area contributed by atoms with E-state index in [1.54, 1.807) is 0 Å². The first-order valence-electron chi connectivity index (χ1n) is 3.97. The summed E-state index contributed by atoms with van der Waals surface area (Å²) in [6, 6.07) is 0. The molecule has 11 heavy (non-hydrogen) atoms. The third-order valence-corrected chi connectivity index (χ3v) is 2.22. The van der Waals surface area contributed by atoms with E-state index in [4.69, 9.17) is 10.2 Å². The Labute approximate surface area is 65.6 Å². The van der Waals surface area contributed by atoms with Crippen molar-refractivity contribution in [3.63, 3.8) is 0 Å². The summed E-state index contributed by atoms with van der Waals surface area (Å²) in [5, 5.41) is 0. The quantitative estimate of drug-likeness (QED) is 0.652. The number of aromatic nitrogens is 1. The lowest BCUT2D eigenvalue weighted by molar-refractivity contribution is 0.442. The summed E-state index contributed by atoms with van der Waals surface area (Å²) in [5.74, 6) is 2.23. The number of aryl methyl sites for hydroxylation is 2. The average molecular weight is 152 g/mol. The van der Waals surface area contributed by atoms with Gasteiger partial charge >= 0.3 is 0 Å².